The van der Waals surface area contributed by atoms with Gasteiger partial charge in [-0.05, 0) is 55.0 Å². The normalized spacial score (nSPS) is 14.0. The summed E-state index contributed by atoms with van der Waals surface area (Å²) in [5, 5.41) is 22.2. The predicted molar refractivity (Wildman–Crippen MR) is 154 cm³/mol. The SMILES string of the molecule is O=C(O)CCCN1CC(C(=O)O)Oc2c(NC(=O)c3ccc(OCCCOc4c(Cl)cccc4Cl)cc3)cccc21. The van der Waals surface area contributed by atoms with Crippen molar-refractivity contribution in [3.63, 3.8) is 0 Å². The lowest BCUT2D eigenvalue weighted by atomic mass is 10.1. The lowest BCUT2D eigenvalue weighted by molar-refractivity contribution is -0.145. The molecule has 1 heterocycles. The average Bonchev–Trinajstić information content (AvgIpc) is 2.94. The maximum Gasteiger partial charge on any atom is 0.346 e. The molecule has 3 aromatic rings. The Morgan fingerprint density at radius 1 is 0.927 bits per heavy atom. The summed E-state index contributed by atoms with van der Waals surface area (Å²) in [6.45, 7) is 1.10. The summed E-state index contributed by atoms with van der Waals surface area (Å²) in [5.41, 5.74) is 1.24. The monoisotopic (exact) mass is 602 g/mol. The first kappa shape index (κ1) is 29.8. The number of para-hydroxylation sites is 2. The second-order valence-corrected chi connectivity index (χ2v) is 9.94. The fourth-order valence-corrected chi connectivity index (χ4v) is 4.68. The summed E-state index contributed by atoms with van der Waals surface area (Å²) < 4.78 is 17.1. The van der Waals surface area contributed by atoms with E-state index in [0.29, 0.717) is 71.1 Å². The maximum atomic E-state index is 13.0. The first-order valence-corrected chi connectivity index (χ1v) is 13.6. The van der Waals surface area contributed by atoms with Gasteiger partial charge in [0.15, 0.2) is 11.5 Å². The van der Waals surface area contributed by atoms with Gasteiger partial charge in [0.05, 0.1) is 41.2 Å². The van der Waals surface area contributed by atoms with Gasteiger partial charge < -0.3 is 34.6 Å². The zero-order chi connectivity index (χ0) is 29.4. The summed E-state index contributed by atoms with van der Waals surface area (Å²) in [6.07, 6.45) is -0.317. The number of carboxylic acids is 2. The molecule has 0 fully saturated rings. The van der Waals surface area contributed by atoms with Gasteiger partial charge in [-0.15, -0.1) is 0 Å². The van der Waals surface area contributed by atoms with Gasteiger partial charge in [0.2, 0.25) is 6.10 Å². The lowest BCUT2D eigenvalue weighted by Gasteiger charge is -2.35. The van der Waals surface area contributed by atoms with Crippen LogP contribution < -0.4 is 24.4 Å². The number of rotatable bonds is 13. The van der Waals surface area contributed by atoms with Crippen molar-refractivity contribution in [2.24, 2.45) is 0 Å². The Kier molecular flexibility index (Phi) is 10.2. The highest BCUT2D eigenvalue weighted by atomic mass is 35.5. The Bertz CT molecular complexity index is 1380. The highest BCUT2D eigenvalue weighted by Gasteiger charge is 2.32. The summed E-state index contributed by atoms with van der Waals surface area (Å²) >= 11 is 12.2. The molecule has 1 amide bonds. The number of anilines is 2. The Labute approximate surface area is 246 Å². The number of carbonyl (C=O) groups is 3. The topological polar surface area (TPSA) is 135 Å². The van der Waals surface area contributed by atoms with Crippen molar-refractivity contribution >= 4 is 52.4 Å². The number of carboxylic acid groups (broad SMARTS) is 2. The molecule has 1 aliphatic heterocycles. The van der Waals surface area contributed by atoms with Crippen LogP contribution in [-0.2, 0) is 9.59 Å². The molecular formula is C29H28Cl2N2O8. The van der Waals surface area contributed by atoms with Crippen molar-refractivity contribution in [1.82, 2.24) is 0 Å². The average molecular weight is 603 g/mol. The molecular weight excluding hydrogens is 575 g/mol. The number of benzene rings is 3. The minimum absolute atomic E-state index is 0.0498. The molecule has 216 valence electrons. The van der Waals surface area contributed by atoms with Crippen molar-refractivity contribution in [2.45, 2.75) is 25.4 Å². The van der Waals surface area contributed by atoms with Crippen LogP contribution in [0.25, 0.3) is 0 Å². The smallest absolute Gasteiger partial charge is 0.346 e. The van der Waals surface area contributed by atoms with Crippen molar-refractivity contribution in [2.75, 3.05) is 36.5 Å². The van der Waals surface area contributed by atoms with Crippen LogP contribution >= 0.6 is 23.2 Å². The van der Waals surface area contributed by atoms with Crippen molar-refractivity contribution in [3.8, 4) is 17.2 Å². The highest BCUT2D eigenvalue weighted by Crippen LogP contribution is 2.40. The highest BCUT2D eigenvalue weighted by molar-refractivity contribution is 6.37. The van der Waals surface area contributed by atoms with E-state index >= 15 is 0 Å². The van der Waals surface area contributed by atoms with E-state index in [1.165, 1.54) is 0 Å². The van der Waals surface area contributed by atoms with Crippen molar-refractivity contribution in [1.29, 1.82) is 0 Å². The molecule has 0 aliphatic carbocycles. The summed E-state index contributed by atoms with van der Waals surface area (Å²) in [5.74, 6) is -1.29. The van der Waals surface area contributed by atoms with Crippen LogP contribution in [0.4, 0.5) is 11.4 Å². The molecule has 1 atom stereocenters. The minimum Gasteiger partial charge on any atom is -0.493 e. The summed E-state index contributed by atoms with van der Waals surface area (Å²) in [6, 6.07) is 16.8. The van der Waals surface area contributed by atoms with Crippen LogP contribution in [0.1, 0.15) is 29.6 Å². The third-order valence-electron chi connectivity index (χ3n) is 6.16. The number of nitrogens with one attached hydrogen (secondary N) is 1. The lowest BCUT2D eigenvalue weighted by Crippen LogP contribution is -2.45. The molecule has 3 aromatic carbocycles. The number of fused-ring (bicyclic) bond motifs is 1. The largest absolute Gasteiger partial charge is 0.493 e. The summed E-state index contributed by atoms with van der Waals surface area (Å²) in [4.78, 5) is 37.4. The van der Waals surface area contributed by atoms with Gasteiger partial charge >= 0.3 is 11.9 Å². The molecule has 12 heteroatoms. The number of aliphatic carboxylic acids is 2. The first-order valence-electron chi connectivity index (χ1n) is 12.8. The van der Waals surface area contributed by atoms with E-state index in [1.807, 2.05) is 0 Å². The zero-order valence-electron chi connectivity index (χ0n) is 21.8. The van der Waals surface area contributed by atoms with E-state index in [1.54, 1.807) is 65.6 Å². The molecule has 0 saturated carbocycles. The molecule has 0 spiro atoms. The molecule has 0 saturated heterocycles. The zero-order valence-corrected chi connectivity index (χ0v) is 23.4. The number of hydrogen-bond donors (Lipinski definition) is 3. The van der Waals surface area contributed by atoms with E-state index in [9.17, 15) is 19.5 Å². The third-order valence-corrected chi connectivity index (χ3v) is 6.76. The Morgan fingerprint density at radius 3 is 2.29 bits per heavy atom. The number of ether oxygens (including phenoxy) is 3. The molecule has 0 radical (unpaired) electrons. The van der Waals surface area contributed by atoms with Gasteiger partial charge in [0.25, 0.3) is 5.91 Å². The first-order chi connectivity index (χ1) is 19.7. The van der Waals surface area contributed by atoms with Crippen LogP contribution in [0.3, 0.4) is 0 Å². The molecule has 10 nitrogen and oxygen atoms in total. The van der Waals surface area contributed by atoms with Crippen molar-refractivity contribution in [3.05, 3.63) is 76.3 Å². The van der Waals surface area contributed by atoms with Gasteiger partial charge in [0, 0.05) is 24.9 Å². The number of halogens is 2. The van der Waals surface area contributed by atoms with Crippen LogP contribution in [0, 0.1) is 0 Å². The van der Waals surface area contributed by atoms with Gasteiger partial charge in [-0.25, -0.2) is 4.79 Å². The third kappa shape index (κ3) is 7.96. The van der Waals surface area contributed by atoms with Gasteiger partial charge in [-0.1, -0.05) is 35.3 Å². The Hall–Kier alpha value is -4.15. The van der Waals surface area contributed by atoms with E-state index in [-0.39, 0.29) is 18.7 Å². The quantitative estimate of drug-likeness (QED) is 0.213. The molecule has 41 heavy (non-hydrogen) atoms. The Balaban J connectivity index is 1.34. The van der Waals surface area contributed by atoms with E-state index in [0.717, 1.165) is 0 Å². The number of carbonyl (C=O) groups excluding carboxylic acids is 1. The van der Waals surface area contributed by atoms with E-state index in [4.69, 9.17) is 42.5 Å². The maximum absolute atomic E-state index is 13.0. The van der Waals surface area contributed by atoms with E-state index < -0.39 is 23.9 Å². The molecule has 0 aromatic heterocycles. The van der Waals surface area contributed by atoms with Crippen LogP contribution in [0.5, 0.6) is 17.2 Å². The van der Waals surface area contributed by atoms with Crippen LogP contribution in [0.2, 0.25) is 10.0 Å². The second kappa shape index (κ2) is 14.0. The van der Waals surface area contributed by atoms with Crippen LogP contribution in [0.15, 0.2) is 60.7 Å². The fraction of sp³-hybridized carbons (Fsp3) is 0.276. The molecule has 1 aliphatic rings. The number of nitrogens with zero attached hydrogens (tertiary/aromatic N) is 1. The number of amides is 1. The van der Waals surface area contributed by atoms with E-state index in [2.05, 4.69) is 5.32 Å². The number of hydrogen-bond acceptors (Lipinski definition) is 7. The molecule has 3 N–H and O–H groups in total. The molecule has 1 unspecified atom stereocenters. The summed E-state index contributed by atoms with van der Waals surface area (Å²) in [7, 11) is 0. The molecule has 0 bridgehead atoms. The second-order valence-electron chi connectivity index (χ2n) is 9.12. The standard InChI is InChI=1S/C29H28Cl2N2O8/c30-20-5-1-6-21(31)26(20)40-16-4-15-39-19-12-10-18(11-13-19)28(36)32-22-7-2-8-23-27(22)41-24(29(37)38)17-33(23)14-3-9-25(34)35/h1-2,5-8,10-13,24H,3-4,9,14-17H2,(H,32,36)(H,34,35)(H,37,38). The van der Waals surface area contributed by atoms with Gasteiger partial charge in [-0.3, -0.25) is 9.59 Å². The Morgan fingerprint density at radius 2 is 1.61 bits per heavy atom. The predicted octanol–water partition coefficient (Wildman–Crippen LogP) is 5.61. The van der Waals surface area contributed by atoms with Gasteiger partial charge in [0.1, 0.15) is 5.75 Å². The minimum atomic E-state index is -1.17. The van der Waals surface area contributed by atoms with Crippen molar-refractivity contribution < 1.29 is 38.8 Å². The fourth-order valence-electron chi connectivity index (χ4n) is 4.18. The van der Waals surface area contributed by atoms with Crippen LogP contribution in [-0.4, -0.2) is 60.5 Å². The van der Waals surface area contributed by atoms with Gasteiger partial charge in [-0.2, -0.15) is 0 Å². The molecule has 4 rings (SSSR count).